The third-order valence-electron chi connectivity index (χ3n) is 4.63. The van der Waals surface area contributed by atoms with E-state index in [1.54, 1.807) is 11.8 Å². The van der Waals surface area contributed by atoms with Gasteiger partial charge in [-0.1, -0.05) is 0 Å². The first kappa shape index (κ1) is 19.4. The highest BCUT2D eigenvalue weighted by molar-refractivity contribution is 6.62. The maximum Gasteiger partial charge on any atom is 0.498 e. The highest BCUT2D eigenvalue weighted by Gasteiger charge is 2.52. The average molecular weight is 340 g/mol. The fourth-order valence-electron chi connectivity index (χ4n) is 2.46. The maximum absolute atomic E-state index is 10.0. The molecule has 7 nitrogen and oxygen atoms in total. The summed E-state index contributed by atoms with van der Waals surface area (Å²) >= 11 is 0. The van der Waals surface area contributed by atoms with Gasteiger partial charge >= 0.3 is 7.12 Å². The summed E-state index contributed by atoms with van der Waals surface area (Å²) in [7, 11) is 1.17. The van der Waals surface area contributed by atoms with Crippen molar-refractivity contribution in [3.63, 3.8) is 0 Å². The van der Waals surface area contributed by atoms with Gasteiger partial charge in [0.2, 0.25) is 0 Å². The standard InChI is InChI=1S/C16H29BN2O5/c1-12-14(17-23-15(2,3)16(4,5)24-17)10-19(18-12)9-13(20)11-22-8-7-21-6/h10,13,20H,7-9,11H2,1-6H3/t13-/m1/s1. The Balaban J connectivity index is 1.96. The highest BCUT2D eigenvalue weighted by atomic mass is 16.7. The molecule has 0 spiro atoms. The predicted octanol–water partition coefficient (Wildman–Crippen LogP) is 0.515. The monoisotopic (exact) mass is 340 g/mol. The lowest BCUT2D eigenvalue weighted by atomic mass is 9.79. The van der Waals surface area contributed by atoms with Gasteiger partial charge in [0.1, 0.15) is 0 Å². The zero-order valence-corrected chi connectivity index (χ0v) is 15.5. The van der Waals surface area contributed by atoms with E-state index >= 15 is 0 Å². The zero-order chi connectivity index (χ0) is 18.0. The van der Waals surface area contributed by atoms with Crippen molar-refractivity contribution in [2.24, 2.45) is 0 Å². The predicted molar refractivity (Wildman–Crippen MR) is 91.4 cm³/mol. The number of hydrogen-bond acceptors (Lipinski definition) is 6. The molecule has 8 heteroatoms. The van der Waals surface area contributed by atoms with Crippen LogP contribution in [0.2, 0.25) is 0 Å². The van der Waals surface area contributed by atoms with Crippen molar-refractivity contribution in [3.8, 4) is 0 Å². The molecule has 0 aromatic carbocycles. The maximum atomic E-state index is 10.0. The number of aryl methyl sites for hydroxylation is 1. The van der Waals surface area contributed by atoms with Crippen LogP contribution in [0.5, 0.6) is 0 Å². The highest BCUT2D eigenvalue weighted by Crippen LogP contribution is 2.36. The van der Waals surface area contributed by atoms with Crippen LogP contribution in [0.25, 0.3) is 0 Å². The van der Waals surface area contributed by atoms with Crippen molar-refractivity contribution < 1.29 is 23.9 Å². The molecule has 0 unspecified atom stereocenters. The molecule has 1 saturated heterocycles. The molecule has 136 valence electrons. The normalized spacial score (nSPS) is 20.5. The van der Waals surface area contributed by atoms with E-state index in [4.69, 9.17) is 18.8 Å². The molecule has 1 atom stereocenters. The lowest BCUT2D eigenvalue weighted by molar-refractivity contribution is 0.00578. The lowest BCUT2D eigenvalue weighted by Crippen LogP contribution is -2.41. The van der Waals surface area contributed by atoms with Crippen LogP contribution in [0.3, 0.4) is 0 Å². The van der Waals surface area contributed by atoms with Crippen LogP contribution in [-0.2, 0) is 25.3 Å². The third kappa shape index (κ3) is 4.37. The van der Waals surface area contributed by atoms with Gasteiger partial charge in [-0.05, 0) is 34.6 Å². The van der Waals surface area contributed by atoms with Gasteiger partial charge in [-0.25, -0.2) is 0 Å². The fraction of sp³-hybridized carbons (Fsp3) is 0.812. The number of methoxy groups -OCH3 is 1. The van der Waals surface area contributed by atoms with E-state index in [1.807, 2.05) is 40.8 Å². The SMILES string of the molecule is COCCOC[C@H](O)Cn1cc(B2OC(C)(C)C(C)(C)O2)c(C)n1. The minimum atomic E-state index is -0.632. The Kier molecular flexibility index (Phi) is 6.09. The number of ether oxygens (including phenoxy) is 2. The Bertz CT molecular complexity index is 531. The summed E-state index contributed by atoms with van der Waals surface area (Å²) in [6, 6.07) is 0. The summed E-state index contributed by atoms with van der Waals surface area (Å²) < 4.78 is 24.1. The van der Waals surface area contributed by atoms with E-state index in [-0.39, 0.29) is 17.8 Å². The second-order valence-electron chi connectivity index (χ2n) is 7.20. The molecule has 0 aliphatic carbocycles. The first-order valence-corrected chi connectivity index (χ1v) is 8.30. The largest absolute Gasteiger partial charge is 0.498 e. The molecule has 1 aliphatic heterocycles. The van der Waals surface area contributed by atoms with Crippen molar-refractivity contribution in [1.82, 2.24) is 9.78 Å². The van der Waals surface area contributed by atoms with Crippen LogP contribution in [0.4, 0.5) is 0 Å². The molecule has 2 heterocycles. The average Bonchev–Trinajstić information content (AvgIpc) is 2.92. The molecule has 1 aliphatic rings. The summed E-state index contributed by atoms with van der Waals surface area (Å²) in [6.07, 6.45) is 1.24. The Morgan fingerprint density at radius 2 is 1.88 bits per heavy atom. The molecule has 0 radical (unpaired) electrons. The Morgan fingerprint density at radius 3 is 2.46 bits per heavy atom. The summed E-state index contributed by atoms with van der Waals surface area (Å²) in [4.78, 5) is 0. The van der Waals surface area contributed by atoms with Crippen LogP contribution in [0, 0.1) is 6.92 Å². The van der Waals surface area contributed by atoms with Gasteiger partial charge < -0.3 is 23.9 Å². The summed E-state index contributed by atoms with van der Waals surface area (Å²) in [6.45, 7) is 11.6. The molecular weight excluding hydrogens is 311 g/mol. The van der Waals surface area contributed by atoms with Gasteiger partial charge in [-0.15, -0.1) is 0 Å². The van der Waals surface area contributed by atoms with E-state index in [0.717, 1.165) is 11.2 Å². The minimum absolute atomic E-state index is 0.244. The number of aliphatic hydroxyl groups is 1. The topological polar surface area (TPSA) is 75.0 Å². The molecule has 1 N–H and O–H groups in total. The Morgan fingerprint density at radius 1 is 1.25 bits per heavy atom. The van der Waals surface area contributed by atoms with Gasteiger partial charge in [-0.2, -0.15) is 5.10 Å². The molecule has 0 saturated carbocycles. The van der Waals surface area contributed by atoms with Crippen molar-refractivity contribution in [3.05, 3.63) is 11.9 Å². The quantitative estimate of drug-likeness (QED) is 0.549. The Labute approximate surface area is 144 Å². The van der Waals surface area contributed by atoms with Crippen molar-refractivity contribution in [1.29, 1.82) is 0 Å². The van der Waals surface area contributed by atoms with Crippen molar-refractivity contribution in [2.75, 3.05) is 26.9 Å². The number of aromatic nitrogens is 2. The smallest absolute Gasteiger partial charge is 0.399 e. The number of hydrogen-bond donors (Lipinski definition) is 1. The second kappa shape index (κ2) is 7.53. The van der Waals surface area contributed by atoms with Crippen molar-refractivity contribution in [2.45, 2.75) is 58.5 Å². The Hall–Kier alpha value is -0.925. The van der Waals surface area contributed by atoms with E-state index < -0.39 is 13.2 Å². The van der Waals surface area contributed by atoms with Crippen molar-refractivity contribution >= 4 is 12.6 Å². The van der Waals surface area contributed by atoms with E-state index in [9.17, 15) is 5.11 Å². The molecule has 0 amide bonds. The van der Waals surface area contributed by atoms with Crippen LogP contribution in [-0.4, -0.2) is 66.2 Å². The van der Waals surface area contributed by atoms with Crippen LogP contribution in [0.15, 0.2) is 6.20 Å². The van der Waals surface area contributed by atoms with Gasteiger partial charge in [-0.3, -0.25) is 4.68 Å². The third-order valence-corrected chi connectivity index (χ3v) is 4.63. The molecule has 2 rings (SSSR count). The lowest BCUT2D eigenvalue weighted by Gasteiger charge is -2.32. The van der Waals surface area contributed by atoms with Gasteiger partial charge in [0.25, 0.3) is 0 Å². The first-order valence-electron chi connectivity index (χ1n) is 8.30. The molecule has 24 heavy (non-hydrogen) atoms. The van der Waals surface area contributed by atoms with Crippen LogP contribution in [0.1, 0.15) is 33.4 Å². The number of rotatable bonds is 8. The molecular formula is C16H29BN2O5. The summed E-state index contributed by atoms with van der Waals surface area (Å²) in [5, 5.41) is 14.5. The number of nitrogens with zero attached hydrogens (tertiary/aromatic N) is 2. The van der Waals surface area contributed by atoms with Crippen LogP contribution >= 0.6 is 0 Å². The number of aliphatic hydroxyl groups excluding tert-OH is 1. The van der Waals surface area contributed by atoms with Gasteiger partial charge in [0, 0.05) is 18.8 Å². The zero-order valence-electron chi connectivity index (χ0n) is 15.5. The molecule has 1 aromatic heterocycles. The first-order chi connectivity index (χ1) is 11.2. The van der Waals surface area contributed by atoms with E-state index in [2.05, 4.69) is 5.10 Å². The van der Waals surface area contributed by atoms with E-state index in [1.165, 1.54) is 0 Å². The molecule has 1 aromatic rings. The van der Waals surface area contributed by atoms with Crippen LogP contribution < -0.4 is 5.46 Å². The van der Waals surface area contributed by atoms with Gasteiger partial charge in [0.15, 0.2) is 0 Å². The second-order valence-corrected chi connectivity index (χ2v) is 7.20. The fourth-order valence-corrected chi connectivity index (χ4v) is 2.46. The molecule has 1 fully saturated rings. The summed E-state index contributed by atoms with van der Waals surface area (Å²) in [5.41, 5.74) is 0.948. The van der Waals surface area contributed by atoms with Gasteiger partial charge in [0.05, 0.1) is 49.4 Å². The molecule has 0 bridgehead atoms. The minimum Gasteiger partial charge on any atom is -0.399 e. The summed E-state index contributed by atoms with van der Waals surface area (Å²) in [5.74, 6) is 0. The van der Waals surface area contributed by atoms with E-state index in [0.29, 0.717) is 19.8 Å².